The number of ether oxygens (including phenoxy) is 1. The van der Waals surface area contributed by atoms with Crippen LogP contribution in [0.2, 0.25) is 0 Å². The van der Waals surface area contributed by atoms with Crippen LogP contribution in [0.15, 0.2) is 50.8 Å². The molecule has 21 heavy (non-hydrogen) atoms. The molecule has 0 radical (unpaired) electrons. The Morgan fingerprint density at radius 1 is 1.19 bits per heavy atom. The molecule has 0 aliphatic heterocycles. The Balaban J connectivity index is 2.18. The minimum Gasteiger partial charge on any atom is -0.496 e. The number of hydrogen-bond acceptors (Lipinski definition) is 4. The second-order valence-corrected chi connectivity index (χ2v) is 6.60. The van der Waals surface area contributed by atoms with E-state index in [1.54, 1.807) is 13.3 Å². The first kappa shape index (κ1) is 15.5. The molecule has 0 aliphatic carbocycles. The van der Waals surface area contributed by atoms with Gasteiger partial charge in [0.25, 0.3) is 6.21 Å². The molecule has 0 saturated carbocycles. The van der Waals surface area contributed by atoms with E-state index in [0.717, 1.165) is 20.5 Å². The van der Waals surface area contributed by atoms with Crippen molar-refractivity contribution in [3.05, 3.63) is 42.2 Å². The Morgan fingerprint density at radius 2 is 1.90 bits per heavy atom. The first-order valence-electron chi connectivity index (χ1n) is 6.64. The minimum absolute atomic E-state index is 0.372. The van der Waals surface area contributed by atoms with Crippen LogP contribution in [0.25, 0.3) is 0 Å². The molecule has 0 bridgehead atoms. The molecule has 5 heteroatoms. The van der Waals surface area contributed by atoms with Crippen molar-refractivity contribution in [2.24, 2.45) is 0 Å². The molecule has 0 saturated heterocycles. The predicted octanol–water partition coefficient (Wildman–Crippen LogP) is 4.06. The van der Waals surface area contributed by atoms with Crippen molar-refractivity contribution >= 4 is 18.0 Å². The average Bonchev–Trinajstić information content (AvgIpc) is 2.85. The van der Waals surface area contributed by atoms with Crippen molar-refractivity contribution < 1.29 is 19.1 Å². The molecular weight excluding hydrogens is 286 g/mol. The molecule has 1 aromatic heterocycles. The lowest BCUT2D eigenvalue weighted by molar-refractivity contribution is -0.816. The lowest BCUT2D eigenvalue weighted by Gasteiger charge is -2.08. The normalized spacial score (nSPS) is 12.5. The summed E-state index contributed by atoms with van der Waals surface area (Å²) in [6.45, 7) is 5.74. The van der Waals surface area contributed by atoms with Gasteiger partial charge in [0.1, 0.15) is 5.75 Å². The maximum absolute atomic E-state index is 9.91. The van der Waals surface area contributed by atoms with Gasteiger partial charge >= 0.3 is 0 Å². The standard InChI is InChI=1S/C16H20NO3S/c1-16(2,3)17(18)11-12-9-10-15(20-12)21-14-8-6-5-7-13(14)19-4/h5-11,18H,1-4H3/q+1/b17-11-. The lowest BCUT2D eigenvalue weighted by atomic mass is 10.1. The topological polar surface area (TPSA) is 45.6 Å². The van der Waals surface area contributed by atoms with Crippen LogP contribution in [0.5, 0.6) is 5.75 Å². The van der Waals surface area contributed by atoms with Crippen LogP contribution >= 0.6 is 11.8 Å². The van der Waals surface area contributed by atoms with E-state index in [-0.39, 0.29) is 5.54 Å². The van der Waals surface area contributed by atoms with E-state index in [0.29, 0.717) is 5.76 Å². The molecule has 0 unspecified atom stereocenters. The van der Waals surface area contributed by atoms with Crippen molar-refractivity contribution in [1.29, 1.82) is 0 Å². The fraction of sp³-hybridized carbons (Fsp3) is 0.312. The van der Waals surface area contributed by atoms with Gasteiger partial charge in [-0.3, -0.25) is 5.21 Å². The van der Waals surface area contributed by atoms with Gasteiger partial charge in [0.15, 0.2) is 10.9 Å². The SMILES string of the molecule is COc1ccccc1Sc1ccc(/C=[N+](\O)C(C)(C)C)o1. The Bertz CT molecular complexity index is 641. The Hall–Kier alpha value is -1.88. The smallest absolute Gasteiger partial charge is 0.258 e. The number of rotatable bonds is 4. The summed E-state index contributed by atoms with van der Waals surface area (Å²) in [6.07, 6.45) is 1.58. The van der Waals surface area contributed by atoms with Crippen LogP contribution in [-0.2, 0) is 0 Å². The summed E-state index contributed by atoms with van der Waals surface area (Å²) in [6, 6.07) is 11.5. The molecule has 0 spiro atoms. The van der Waals surface area contributed by atoms with E-state index in [1.165, 1.54) is 11.8 Å². The summed E-state index contributed by atoms with van der Waals surface area (Å²) in [5, 5.41) is 10.7. The summed E-state index contributed by atoms with van der Waals surface area (Å²) in [5.74, 6) is 1.41. The first-order valence-corrected chi connectivity index (χ1v) is 7.45. The highest BCUT2D eigenvalue weighted by Gasteiger charge is 2.24. The summed E-state index contributed by atoms with van der Waals surface area (Å²) in [4.78, 5) is 0.984. The molecule has 112 valence electrons. The molecule has 1 aromatic carbocycles. The van der Waals surface area contributed by atoms with E-state index in [2.05, 4.69) is 0 Å². The highest BCUT2D eigenvalue weighted by Crippen LogP contribution is 2.35. The number of hydrogen-bond donors (Lipinski definition) is 1. The van der Waals surface area contributed by atoms with Gasteiger partial charge in [0.2, 0.25) is 5.54 Å². The summed E-state index contributed by atoms with van der Waals surface area (Å²) in [5.41, 5.74) is -0.372. The van der Waals surface area contributed by atoms with Gasteiger partial charge in [-0.25, -0.2) is 0 Å². The largest absolute Gasteiger partial charge is 0.496 e. The lowest BCUT2D eigenvalue weighted by Crippen LogP contribution is -2.31. The number of methoxy groups -OCH3 is 1. The van der Waals surface area contributed by atoms with E-state index >= 15 is 0 Å². The van der Waals surface area contributed by atoms with Crippen molar-refractivity contribution in [3.8, 4) is 5.75 Å². The molecule has 2 rings (SSSR count). The third-order valence-electron chi connectivity index (χ3n) is 2.82. The van der Waals surface area contributed by atoms with Gasteiger partial charge in [0.05, 0.1) is 12.0 Å². The molecule has 0 fully saturated rings. The van der Waals surface area contributed by atoms with E-state index < -0.39 is 0 Å². The van der Waals surface area contributed by atoms with Crippen molar-refractivity contribution in [2.45, 2.75) is 36.3 Å². The van der Waals surface area contributed by atoms with Gasteiger partial charge in [-0.05, 0) is 40.8 Å². The number of benzene rings is 1. The van der Waals surface area contributed by atoms with Crippen LogP contribution in [0.3, 0.4) is 0 Å². The maximum Gasteiger partial charge on any atom is 0.258 e. The van der Waals surface area contributed by atoms with E-state index in [4.69, 9.17) is 9.15 Å². The van der Waals surface area contributed by atoms with Gasteiger partial charge < -0.3 is 9.15 Å². The minimum atomic E-state index is -0.372. The molecule has 0 aliphatic rings. The van der Waals surface area contributed by atoms with E-state index in [1.807, 2.05) is 57.2 Å². The van der Waals surface area contributed by atoms with Crippen LogP contribution in [0.1, 0.15) is 26.5 Å². The van der Waals surface area contributed by atoms with Crippen molar-refractivity contribution in [3.63, 3.8) is 0 Å². The fourth-order valence-corrected chi connectivity index (χ4v) is 2.47. The molecule has 1 heterocycles. The Morgan fingerprint density at radius 3 is 2.57 bits per heavy atom. The molecule has 2 aromatic rings. The van der Waals surface area contributed by atoms with Gasteiger partial charge in [-0.1, -0.05) is 12.1 Å². The summed E-state index contributed by atoms with van der Waals surface area (Å²) >= 11 is 1.48. The first-order chi connectivity index (χ1) is 9.90. The number of hydroxylamine groups is 1. The Kier molecular flexibility index (Phi) is 4.63. The monoisotopic (exact) mass is 306 g/mol. The highest BCUT2D eigenvalue weighted by atomic mass is 32.2. The van der Waals surface area contributed by atoms with Crippen molar-refractivity contribution in [1.82, 2.24) is 0 Å². The summed E-state index contributed by atoms with van der Waals surface area (Å²) in [7, 11) is 1.65. The predicted molar refractivity (Wildman–Crippen MR) is 82.8 cm³/mol. The van der Waals surface area contributed by atoms with Crippen LogP contribution in [-0.4, -0.2) is 28.8 Å². The van der Waals surface area contributed by atoms with Gasteiger partial charge in [0, 0.05) is 20.8 Å². The Labute approximate surface area is 129 Å². The quantitative estimate of drug-likeness (QED) is 0.400. The highest BCUT2D eigenvalue weighted by molar-refractivity contribution is 7.99. The number of furan rings is 1. The number of para-hydroxylation sites is 1. The molecule has 1 N–H and O–H groups in total. The van der Waals surface area contributed by atoms with Crippen molar-refractivity contribution in [2.75, 3.05) is 7.11 Å². The zero-order valence-electron chi connectivity index (χ0n) is 12.7. The molecule has 4 nitrogen and oxygen atoms in total. The zero-order chi connectivity index (χ0) is 15.5. The fourth-order valence-electron chi connectivity index (χ4n) is 1.58. The third-order valence-corrected chi connectivity index (χ3v) is 3.80. The maximum atomic E-state index is 9.91. The van der Waals surface area contributed by atoms with Crippen LogP contribution < -0.4 is 4.74 Å². The van der Waals surface area contributed by atoms with E-state index in [9.17, 15) is 5.21 Å². The zero-order valence-corrected chi connectivity index (χ0v) is 13.5. The molecule has 0 amide bonds. The third kappa shape index (κ3) is 4.04. The second kappa shape index (κ2) is 6.26. The molecule has 0 atom stereocenters. The van der Waals surface area contributed by atoms with Crippen LogP contribution in [0, 0.1) is 0 Å². The second-order valence-electron chi connectivity index (χ2n) is 5.55. The van der Waals surface area contributed by atoms with Crippen LogP contribution in [0.4, 0.5) is 0 Å². The molecular formula is C16H20NO3S+. The summed E-state index contributed by atoms with van der Waals surface area (Å²) < 4.78 is 12.2. The van der Waals surface area contributed by atoms with Gasteiger partial charge in [-0.2, -0.15) is 0 Å². The average molecular weight is 306 g/mol. The van der Waals surface area contributed by atoms with Gasteiger partial charge in [-0.15, -0.1) is 0 Å². The number of nitrogens with zero attached hydrogens (tertiary/aromatic N) is 1.